The van der Waals surface area contributed by atoms with Crippen molar-refractivity contribution in [3.05, 3.63) is 170 Å². The first-order chi connectivity index (χ1) is 58.2. The highest BCUT2D eigenvalue weighted by molar-refractivity contribution is 7.17. The van der Waals surface area contributed by atoms with Crippen LogP contribution in [-0.2, 0) is 51.4 Å². The van der Waals surface area contributed by atoms with Gasteiger partial charge in [0.2, 0.25) is 0 Å². The minimum Gasteiger partial charge on any atom is -0.480 e. The fraction of sp³-hybridized carbons (Fsp3) is 0.458. The summed E-state index contributed by atoms with van der Waals surface area (Å²) in [6.45, 7) is 7.06. The Balaban J connectivity index is 0.987. The molecule has 120 heavy (non-hydrogen) atoms. The van der Waals surface area contributed by atoms with E-state index in [0.717, 1.165) is 135 Å². The van der Waals surface area contributed by atoms with Crippen molar-refractivity contribution in [2.75, 3.05) is 26.2 Å². The third kappa shape index (κ3) is 19.5. The van der Waals surface area contributed by atoms with Gasteiger partial charge in [-0.3, -0.25) is 67.5 Å². The molecular weight excluding hydrogens is 1590 g/mol. The van der Waals surface area contributed by atoms with E-state index in [2.05, 4.69) is 36.8 Å². The lowest BCUT2D eigenvalue weighted by Gasteiger charge is -2.25. The maximum Gasteiger partial charge on any atom is 0.323 e. The molecule has 6 aromatic heterocycles. The summed E-state index contributed by atoms with van der Waals surface area (Å²) >= 11 is 4.91. The molecule has 4 amide bonds. The summed E-state index contributed by atoms with van der Waals surface area (Å²) in [5.41, 5.74) is 3.58. The summed E-state index contributed by atoms with van der Waals surface area (Å²) in [6, 6.07) is 29.6. The molecule has 0 aliphatic carbocycles. The second-order valence-corrected chi connectivity index (χ2v) is 37.0. The van der Waals surface area contributed by atoms with Gasteiger partial charge in [0.25, 0.3) is 23.6 Å². The van der Waals surface area contributed by atoms with E-state index < -0.39 is 73.7 Å². The maximum absolute atomic E-state index is 16.4. The number of unbranched alkanes of at least 4 members (excludes halogenated alkanes) is 24. The van der Waals surface area contributed by atoms with Crippen molar-refractivity contribution in [3.63, 3.8) is 0 Å². The third-order valence-electron chi connectivity index (χ3n) is 24.3. The van der Waals surface area contributed by atoms with Crippen molar-refractivity contribution < 1.29 is 58.8 Å². The Morgan fingerprint density at radius 2 is 0.575 bits per heavy atom. The lowest BCUT2D eigenvalue weighted by Crippen LogP contribution is -2.34. The Bertz CT molecular complexity index is 5240. The van der Waals surface area contributed by atoms with E-state index in [1.807, 2.05) is 60.7 Å². The lowest BCUT2D eigenvalue weighted by molar-refractivity contribution is -0.141. The average molecular weight is 1700 g/mol. The molecule has 10 heterocycles. The fourth-order valence-electron chi connectivity index (χ4n) is 18.3. The zero-order valence-electron chi connectivity index (χ0n) is 69.6. The molecule has 0 bridgehead atoms. The van der Waals surface area contributed by atoms with Crippen molar-refractivity contribution in [3.8, 4) is 20.9 Å². The van der Waals surface area contributed by atoms with E-state index in [0.29, 0.717) is 97.1 Å². The highest BCUT2D eigenvalue weighted by Gasteiger charge is 2.52. The zero-order chi connectivity index (χ0) is 84.7. The molecule has 4 aliphatic rings. The quantitative estimate of drug-likeness (QED) is 0.0204. The van der Waals surface area contributed by atoms with Gasteiger partial charge in [0.15, 0.2) is 10.9 Å². The Labute approximate surface area is 717 Å². The van der Waals surface area contributed by atoms with E-state index in [1.54, 1.807) is 47.2 Å². The second kappa shape index (κ2) is 41.1. The molecule has 2 atom stereocenters. The number of benzene rings is 3. The number of carboxylic acid groups (broad SMARTS) is 4. The summed E-state index contributed by atoms with van der Waals surface area (Å²) in [5.74, 6) is -7.74. The topological polar surface area (TPSA) is 274 Å². The van der Waals surface area contributed by atoms with Crippen molar-refractivity contribution >= 4 is 159 Å². The first-order valence-electron chi connectivity index (χ1n) is 43.8. The SMILES string of the molecule is CCCCCCCCCCC(CCCCCCCC)Cn1c2ccc(-c3ccc(C4=C5C(=O)N(CC(=O)O)C(c6cccs6)=C5C(=O)N4CC(=O)O)s3)cc2c(=O)c2cc3c(cc21)c(=O)c1cc(-c2ccc(C4=C5C(=O)N(CC(=O)O)C(c6cccs6)=C5C(=O)N4CC(=O)O)s2)ccc1n3CC(CCCCCCCC)CCCCCCCCCC. The number of amides is 4. The van der Waals surface area contributed by atoms with Gasteiger partial charge in [0.1, 0.15) is 26.2 Å². The number of carboxylic acids is 4. The number of carbonyl (C=O) groups excluding carboxylic acids is 4. The van der Waals surface area contributed by atoms with E-state index in [-0.39, 0.29) is 67.8 Å². The van der Waals surface area contributed by atoms with Gasteiger partial charge >= 0.3 is 23.9 Å². The summed E-state index contributed by atoms with van der Waals surface area (Å²) in [4.78, 5) is 149. The Hall–Kier alpha value is -9.88. The van der Waals surface area contributed by atoms with Crippen LogP contribution in [-0.4, -0.2) is 123 Å². The van der Waals surface area contributed by atoms with Crippen molar-refractivity contribution in [2.45, 2.75) is 246 Å². The van der Waals surface area contributed by atoms with Crippen molar-refractivity contribution in [1.82, 2.24) is 28.7 Å². The highest BCUT2D eigenvalue weighted by Crippen LogP contribution is 2.52. The molecule has 2 unspecified atom stereocenters. The lowest BCUT2D eigenvalue weighted by atomic mass is 9.92. The first-order valence-corrected chi connectivity index (χ1v) is 47.2. The molecular formula is C96H112N6O14S4. The van der Waals surface area contributed by atoms with Gasteiger partial charge in [-0.15, -0.1) is 45.3 Å². The van der Waals surface area contributed by atoms with Crippen LogP contribution < -0.4 is 10.9 Å². The van der Waals surface area contributed by atoms with Crippen LogP contribution in [0.5, 0.6) is 0 Å². The van der Waals surface area contributed by atoms with Crippen LogP contribution in [0.2, 0.25) is 0 Å². The van der Waals surface area contributed by atoms with Gasteiger partial charge in [0, 0.05) is 44.4 Å². The largest absolute Gasteiger partial charge is 0.480 e. The second-order valence-electron chi connectivity index (χ2n) is 32.9. The molecule has 0 saturated heterocycles. The number of hydrogen-bond acceptors (Lipinski definition) is 14. The number of fused-ring (bicyclic) bond motifs is 6. The van der Waals surface area contributed by atoms with Gasteiger partial charge in [0.05, 0.1) is 86.7 Å². The number of aromatic nitrogens is 2. The molecule has 4 aliphatic heterocycles. The molecule has 0 spiro atoms. The van der Waals surface area contributed by atoms with E-state index in [1.165, 1.54) is 135 Å². The molecule has 9 aromatic rings. The van der Waals surface area contributed by atoms with Crippen molar-refractivity contribution in [1.29, 1.82) is 0 Å². The Kier molecular flexibility index (Phi) is 30.1. The molecule has 4 N–H and O–H groups in total. The predicted octanol–water partition coefficient (Wildman–Crippen LogP) is 22.0. The van der Waals surface area contributed by atoms with E-state index in [4.69, 9.17) is 0 Å². The van der Waals surface area contributed by atoms with Crippen LogP contribution in [0, 0.1) is 11.8 Å². The van der Waals surface area contributed by atoms with Crippen LogP contribution >= 0.6 is 45.3 Å². The monoisotopic (exact) mass is 1700 g/mol. The van der Waals surface area contributed by atoms with Gasteiger partial charge in [-0.2, -0.15) is 0 Å². The van der Waals surface area contributed by atoms with E-state index >= 15 is 9.59 Å². The highest BCUT2D eigenvalue weighted by atomic mass is 32.1. The standard InChI is InChI=1S/C96H112N6O14S4/c1-5-9-13-17-21-23-27-31-37-61(35-29-25-19-15-11-7-3)55-97-69-43-41-63(73-45-47-77(119-73)89-85-83(93(113)101(89)59-81(107)108)87(75-39-33-49-117-75)99(95(85)115)57-79(103)104)51-65(69)91(111)67-54-72-68(53-71(67)97)92(112)66-52-64(42-44-70(66)98(72)56-62(36-30-26-20-16-12-8-4)38-32-28-24-22-18-14-10-6-2)74-46-48-78(120-74)90-86-84(94(114)102(90)60-82(109)110)88(76-40-34-50-118-76)100(96(86)116)58-80(105)106/h33-34,39-54,61-62H,5-32,35-38,55-60H2,1-4H3,(H,103,104)(H,105,106)(H,107,108)(H,109,110). The van der Waals surface area contributed by atoms with Crippen LogP contribution in [0.15, 0.2) is 140 Å². The fourth-order valence-corrected chi connectivity index (χ4v) is 22.0. The van der Waals surface area contributed by atoms with Gasteiger partial charge in [-0.05, 0) is 132 Å². The minimum atomic E-state index is -1.31. The zero-order valence-corrected chi connectivity index (χ0v) is 72.9. The minimum absolute atomic E-state index is 0.0579. The average Bonchev–Trinajstić information content (AvgIpc) is 1.69. The maximum atomic E-state index is 16.4. The smallest absolute Gasteiger partial charge is 0.323 e. The predicted molar refractivity (Wildman–Crippen MR) is 483 cm³/mol. The summed E-state index contributed by atoms with van der Waals surface area (Å²) in [5, 5.41) is 46.2. The normalized spacial score (nSPS) is 14.9. The molecule has 3 aromatic carbocycles. The third-order valence-corrected chi connectivity index (χ3v) is 28.3. The summed E-state index contributed by atoms with van der Waals surface area (Å²) in [6.07, 6.45) is 36.2. The first kappa shape index (κ1) is 87.9. The molecule has 634 valence electrons. The number of nitrogens with zero attached hydrogens (tertiary/aromatic N) is 6. The number of thiophene rings is 4. The summed E-state index contributed by atoms with van der Waals surface area (Å²) in [7, 11) is 0. The van der Waals surface area contributed by atoms with Gasteiger partial charge in [-0.25, -0.2) is 0 Å². The molecule has 13 rings (SSSR count). The number of carbonyl (C=O) groups is 8. The van der Waals surface area contributed by atoms with Gasteiger partial charge < -0.3 is 29.6 Å². The number of aliphatic carboxylic acids is 4. The Morgan fingerprint density at radius 1 is 0.308 bits per heavy atom. The van der Waals surface area contributed by atoms with Crippen molar-refractivity contribution in [2.24, 2.45) is 11.8 Å². The van der Waals surface area contributed by atoms with Crippen LogP contribution in [0.25, 0.3) is 87.3 Å². The molecule has 24 heteroatoms. The van der Waals surface area contributed by atoms with Gasteiger partial charge in [-0.1, -0.05) is 232 Å². The Morgan fingerprint density at radius 3 is 0.850 bits per heavy atom. The molecule has 0 saturated carbocycles. The van der Waals surface area contributed by atoms with Crippen LogP contribution in [0.3, 0.4) is 0 Å². The molecule has 0 radical (unpaired) electrons. The van der Waals surface area contributed by atoms with Crippen LogP contribution in [0.1, 0.15) is 253 Å². The molecule has 20 nitrogen and oxygen atoms in total. The van der Waals surface area contributed by atoms with Crippen LogP contribution in [0.4, 0.5) is 0 Å². The number of hydrogen-bond donors (Lipinski definition) is 4. The summed E-state index contributed by atoms with van der Waals surface area (Å²) < 4.78 is 4.57. The molecule has 0 fully saturated rings. The number of pyridine rings is 2. The van der Waals surface area contributed by atoms with E-state index in [9.17, 15) is 58.8 Å². The number of rotatable bonds is 50.